The Morgan fingerprint density at radius 2 is 2.00 bits per heavy atom. The molecule has 1 N–H and O–H groups in total. The largest absolute Gasteiger partial charge is 0.371 e. The van der Waals surface area contributed by atoms with Gasteiger partial charge in [-0.25, -0.2) is 13.4 Å². The molecular formula is C13H20N4O2S2. The van der Waals surface area contributed by atoms with Crippen molar-refractivity contribution < 1.29 is 8.42 Å². The maximum Gasteiger partial charge on any atom is 0.263 e. The van der Waals surface area contributed by atoms with Crippen LogP contribution in [0, 0.1) is 0 Å². The Kier molecular flexibility index (Phi) is 3.71. The molecule has 0 bridgehead atoms. The molecule has 21 heavy (non-hydrogen) atoms. The highest BCUT2D eigenvalue weighted by Gasteiger charge is 2.39. The molecule has 2 atom stereocenters. The lowest BCUT2D eigenvalue weighted by Crippen LogP contribution is -2.47. The van der Waals surface area contributed by atoms with Crippen LogP contribution in [0.1, 0.15) is 33.1 Å². The quantitative estimate of drug-likeness (QED) is 0.939. The van der Waals surface area contributed by atoms with Crippen molar-refractivity contribution in [3.63, 3.8) is 0 Å². The number of piperidine rings is 1. The minimum atomic E-state index is -3.58. The molecule has 0 amide bonds. The topological polar surface area (TPSA) is 66.7 Å². The van der Waals surface area contributed by atoms with E-state index in [1.54, 1.807) is 22.0 Å². The molecule has 3 heterocycles. The summed E-state index contributed by atoms with van der Waals surface area (Å²) in [5, 5.41) is 5.02. The van der Waals surface area contributed by atoms with Crippen molar-refractivity contribution in [1.82, 2.24) is 13.7 Å². The summed E-state index contributed by atoms with van der Waals surface area (Å²) in [5.41, 5.74) is 0. The fraction of sp³-hybridized carbons (Fsp3) is 0.615. The number of fused-ring (bicyclic) bond motifs is 1. The zero-order valence-corrected chi connectivity index (χ0v) is 14.0. The van der Waals surface area contributed by atoms with E-state index >= 15 is 0 Å². The van der Waals surface area contributed by atoms with Crippen molar-refractivity contribution >= 4 is 32.1 Å². The van der Waals surface area contributed by atoms with Crippen LogP contribution in [-0.2, 0) is 10.0 Å². The highest BCUT2D eigenvalue weighted by molar-refractivity contribution is 7.89. The van der Waals surface area contributed by atoms with Crippen LogP contribution in [0.25, 0.3) is 4.96 Å². The number of anilines is 1. The third-order valence-electron chi connectivity index (χ3n) is 4.09. The number of nitrogens with zero attached hydrogens (tertiary/aromatic N) is 3. The molecule has 8 heteroatoms. The lowest BCUT2D eigenvalue weighted by Gasteiger charge is -2.37. The molecule has 2 aromatic heterocycles. The van der Waals surface area contributed by atoms with E-state index in [9.17, 15) is 8.42 Å². The van der Waals surface area contributed by atoms with E-state index in [0.29, 0.717) is 10.8 Å². The molecule has 0 aliphatic carbocycles. The van der Waals surface area contributed by atoms with Gasteiger partial charge in [-0.15, -0.1) is 11.3 Å². The van der Waals surface area contributed by atoms with Gasteiger partial charge in [0.25, 0.3) is 10.0 Å². The molecule has 2 aromatic rings. The molecule has 6 nitrogen and oxygen atoms in total. The Bertz CT molecular complexity index is 739. The Labute approximate surface area is 128 Å². The second kappa shape index (κ2) is 5.26. The van der Waals surface area contributed by atoms with Gasteiger partial charge >= 0.3 is 0 Å². The van der Waals surface area contributed by atoms with E-state index in [4.69, 9.17) is 0 Å². The molecule has 1 fully saturated rings. The van der Waals surface area contributed by atoms with Crippen LogP contribution in [0.5, 0.6) is 0 Å². The fourth-order valence-corrected chi connectivity index (χ4v) is 6.06. The van der Waals surface area contributed by atoms with Crippen LogP contribution in [0.3, 0.4) is 0 Å². The van der Waals surface area contributed by atoms with Gasteiger partial charge in [0.1, 0.15) is 0 Å². The van der Waals surface area contributed by atoms with Crippen LogP contribution in [0.4, 0.5) is 5.82 Å². The second-order valence-corrected chi connectivity index (χ2v) is 8.17. The van der Waals surface area contributed by atoms with E-state index in [2.05, 4.69) is 10.3 Å². The van der Waals surface area contributed by atoms with Crippen molar-refractivity contribution in [2.24, 2.45) is 0 Å². The first-order valence-corrected chi connectivity index (χ1v) is 9.45. The number of hydrogen-bond donors (Lipinski definition) is 1. The lowest BCUT2D eigenvalue weighted by atomic mass is 10.0. The first-order chi connectivity index (χ1) is 9.96. The molecule has 1 aliphatic rings. The molecule has 0 saturated carbocycles. The van der Waals surface area contributed by atoms with Crippen LogP contribution in [-0.4, -0.2) is 41.2 Å². The number of nitrogens with one attached hydrogen (secondary N) is 1. The van der Waals surface area contributed by atoms with Crippen molar-refractivity contribution in [2.75, 3.05) is 12.4 Å². The predicted molar refractivity (Wildman–Crippen MR) is 84.4 cm³/mol. The Balaban J connectivity index is 2.17. The first kappa shape index (κ1) is 14.8. The molecule has 1 saturated heterocycles. The smallest absolute Gasteiger partial charge is 0.263 e. The predicted octanol–water partition coefficient (Wildman–Crippen LogP) is 2.39. The minimum Gasteiger partial charge on any atom is -0.371 e. The Hall–Kier alpha value is -1.12. The monoisotopic (exact) mass is 328 g/mol. The van der Waals surface area contributed by atoms with Gasteiger partial charge in [-0.2, -0.15) is 4.31 Å². The van der Waals surface area contributed by atoms with Crippen LogP contribution < -0.4 is 5.32 Å². The first-order valence-electron chi connectivity index (χ1n) is 7.13. The average Bonchev–Trinajstić information content (AvgIpc) is 2.96. The molecule has 0 unspecified atom stereocenters. The SMILES string of the molecule is CNc1nc2sccn2c1S(=O)(=O)N1[C@H](C)CCC[C@@H]1C. The van der Waals surface area contributed by atoms with Gasteiger partial charge in [-0.05, 0) is 26.7 Å². The van der Waals surface area contributed by atoms with Crippen molar-refractivity contribution in [2.45, 2.75) is 50.2 Å². The summed E-state index contributed by atoms with van der Waals surface area (Å²) in [6.07, 6.45) is 4.65. The third-order valence-corrected chi connectivity index (χ3v) is 7.00. The van der Waals surface area contributed by atoms with Crippen molar-refractivity contribution in [3.05, 3.63) is 11.6 Å². The molecule has 1 aliphatic heterocycles. The van der Waals surface area contributed by atoms with Crippen LogP contribution in [0.2, 0.25) is 0 Å². The Morgan fingerprint density at radius 3 is 2.62 bits per heavy atom. The minimum absolute atomic E-state index is 0.0210. The summed E-state index contributed by atoms with van der Waals surface area (Å²) in [6.45, 7) is 3.97. The number of rotatable bonds is 3. The maximum atomic E-state index is 13.2. The molecule has 116 valence electrons. The zero-order valence-electron chi connectivity index (χ0n) is 12.4. The van der Waals surface area contributed by atoms with Gasteiger partial charge in [0.2, 0.25) is 0 Å². The lowest BCUT2D eigenvalue weighted by molar-refractivity contribution is 0.203. The number of imidazole rings is 1. The average molecular weight is 328 g/mol. The molecule has 0 spiro atoms. The Morgan fingerprint density at radius 1 is 1.33 bits per heavy atom. The second-order valence-electron chi connectivity index (χ2n) is 5.54. The summed E-state index contributed by atoms with van der Waals surface area (Å²) in [5.74, 6) is 0.423. The van der Waals surface area contributed by atoms with Crippen molar-refractivity contribution in [3.8, 4) is 0 Å². The normalized spacial score (nSPS) is 24.5. The van der Waals surface area contributed by atoms with E-state index in [-0.39, 0.29) is 17.1 Å². The maximum absolute atomic E-state index is 13.2. The number of aromatic nitrogens is 2. The van der Waals surface area contributed by atoms with Gasteiger partial charge in [-0.3, -0.25) is 4.40 Å². The summed E-state index contributed by atoms with van der Waals surface area (Å²) in [7, 11) is -1.88. The highest BCUT2D eigenvalue weighted by atomic mass is 32.2. The summed E-state index contributed by atoms with van der Waals surface area (Å²) in [4.78, 5) is 5.06. The van der Waals surface area contributed by atoms with Gasteiger partial charge in [0.05, 0.1) is 0 Å². The van der Waals surface area contributed by atoms with Crippen molar-refractivity contribution in [1.29, 1.82) is 0 Å². The summed E-state index contributed by atoms with van der Waals surface area (Å²) in [6, 6.07) is 0.0419. The highest BCUT2D eigenvalue weighted by Crippen LogP contribution is 2.33. The number of thiazole rings is 1. The van der Waals surface area contributed by atoms with Gasteiger partial charge in [0, 0.05) is 30.7 Å². The third kappa shape index (κ3) is 2.25. The van der Waals surface area contributed by atoms with Gasteiger partial charge in [-0.1, -0.05) is 6.42 Å². The fourth-order valence-electron chi connectivity index (χ4n) is 3.15. The van der Waals surface area contributed by atoms with Gasteiger partial charge in [0.15, 0.2) is 15.8 Å². The van der Waals surface area contributed by atoms with E-state index < -0.39 is 10.0 Å². The van der Waals surface area contributed by atoms with Crippen LogP contribution in [0.15, 0.2) is 16.6 Å². The van der Waals surface area contributed by atoms with E-state index in [1.165, 1.54) is 11.3 Å². The van der Waals surface area contributed by atoms with E-state index in [0.717, 1.165) is 19.3 Å². The molecule has 0 aromatic carbocycles. The molecular weight excluding hydrogens is 308 g/mol. The van der Waals surface area contributed by atoms with Gasteiger partial charge < -0.3 is 5.32 Å². The summed E-state index contributed by atoms with van der Waals surface area (Å²) < 4.78 is 29.7. The van der Waals surface area contributed by atoms with Crippen LogP contribution >= 0.6 is 11.3 Å². The van der Waals surface area contributed by atoms with E-state index in [1.807, 2.05) is 19.2 Å². The standard InChI is InChI=1S/C13H20N4O2S2/c1-9-5-4-6-10(2)17(9)21(18,19)12-11(14-3)15-13-16(12)7-8-20-13/h7-10,14H,4-6H2,1-3H3/t9-,10+. The molecule has 3 rings (SSSR count). The summed E-state index contributed by atoms with van der Waals surface area (Å²) >= 11 is 1.43. The molecule has 0 radical (unpaired) electrons. The number of hydrogen-bond acceptors (Lipinski definition) is 5. The number of sulfonamides is 1. The zero-order chi connectivity index (χ0) is 15.2.